The Labute approximate surface area is 124 Å². The molecule has 0 aliphatic rings. The van der Waals surface area contributed by atoms with Gasteiger partial charge in [0.1, 0.15) is 5.76 Å². The van der Waals surface area contributed by atoms with Crippen LogP contribution in [0.15, 0.2) is 65.5 Å². The molecule has 0 fully saturated rings. The van der Waals surface area contributed by atoms with Gasteiger partial charge in [0.2, 0.25) is 0 Å². The average Bonchev–Trinajstić information content (AvgIpc) is 3.20. The van der Waals surface area contributed by atoms with E-state index in [9.17, 15) is 0 Å². The van der Waals surface area contributed by atoms with Crippen LogP contribution in [0.1, 0.15) is 24.3 Å². The van der Waals surface area contributed by atoms with E-state index < -0.39 is 0 Å². The minimum atomic E-state index is 0.227. The van der Waals surface area contributed by atoms with Crippen LogP contribution in [0.2, 0.25) is 0 Å². The molecule has 0 N–H and O–H groups in total. The molecule has 4 heteroatoms. The number of hydrogen-bond donors (Lipinski definition) is 0. The van der Waals surface area contributed by atoms with Crippen molar-refractivity contribution in [2.75, 3.05) is 7.05 Å². The van der Waals surface area contributed by atoms with Crippen molar-refractivity contribution >= 4 is 0 Å². The minimum Gasteiger partial charge on any atom is -0.468 e. The molecule has 108 valence electrons. The lowest BCUT2D eigenvalue weighted by atomic mass is 10.1. The molecule has 2 aromatic heterocycles. The Kier molecular flexibility index (Phi) is 3.88. The Balaban J connectivity index is 1.82. The van der Waals surface area contributed by atoms with Gasteiger partial charge in [-0.25, -0.2) is 4.68 Å². The molecule has 0 radical (unpaired) electrons. The quantitative estimate of drug-likeness (QED) is 0.715. The maximum absolute atomic E-state index is 5.50. The van der Waals surface area contributed by atoms with Gasteiger partial charge in [0, 0.05) is 18.9 Å². The largest absolute Gasteiger partial charge is 0.468 e. The summed E-state index contributed by atoms with van der Waals surface area (Å²) >= 11 is 0. The molecule has 0 bridgehead atoms. The smallest absolute Gasteiger partial charge is 0.120 e. The molecule has 0 aliphatic carbocycles. The maximum atomic E-state index is 5.50. The molecule has 1 atom stereocenters. The van der Waals surface area contributed by atoms with Gasteiger partial charge in [-0.3, -0.25) is 4.90 Å². The Morgan fingerprint density at radius 2 is 2.05 bits per heavy atom. The van der Waals surface area contributed by atoms with Crippen molar-refractivity contribution in [3.63, 3.8) is 0 Å². The average molecular weight is 281 g/mol. The van der Waals surface area contributed by atoms with Crippen molar-refractivity contribution in [2.45, 2.75) is 19.5 Å². The number of benzene rings is 1. The number of hydrogen-bond acceptors (Lipinski definition) is 3. The molecule has 0 spiro atoms. The van der Waals surface area contributed by atoms with Gasteiger partial charge < -0.3 is 4.42 Å². The normalized spacial score (nSPS) is 12.7. The van der Waals surface area contributed by atoms with Gasteiger partial charge in [0.05, 0.1) is 18.0 Å². The first-order chi connectivity index (χ1) is 10.3. The van der Waals surface area contributed by atoms with E-state index in [-0.39, 0.29) is 6.04 Å². The second-order valence-corrected chi connectivity index (χ2v) is 5.19. The summed E-state index contributed by atoms with van der Waals surface area (Å²) in [5, 5.41) is 4.33. The van der Waals surface area contributed by atoms with Gasteiger partial charge >= 0.3 is 0 Å². The van der Waals surface area contributed by atoms with Gasteiger partial charge in [-0.2, -0.15) is 5.10 Å². The first-order valence-corrected chi connectivity index (χ1v) is 7.07. The predicted molar refractivity (Wildman–Crippen MR) is 82.2 cm³/mol. The van der Waals surface area contributed by atoms with Crippen molar-refractivity contribution < 1.29 is 4.42 Å². The first kappa shape index (κ1) is 13.6. The molecule has 0 saturated carbocycles. The van der Waals surface area contributed by atoms with E-state index in [1.807, 2.05) is 35.1 Å². The monoisotopic (exact) mass is 281 g/mol. The van der Waals surface area contributed by atoms with Gasteiger partial charge in [-0.05, 0) is 43.8 Å². The standard InChI is InChI=1S/C17H19N3O/c1-14(17-9-5-12-21-17)19(2)13-15-7-3-4-8-16(15)20-11-6-10-18-20/h3-12,14H,13H2,1-2H3/t14-/m0/s1. The highest BCUT2D eigenvalue weighted by Gasteiger charge is 2.16. The number of furan rings is 1. The summed E-state index contributed by atoms with van der Waals surface area (Å²) < 4.78 is 7.40. The topological polar surface area (TPSA) is 34.2 Å². The van der Waals surface area contributed by atoms with Crippen LogP contribution in [0.3, 0.4) is 0 Å². The summed E-state index contributed by atoms with van der Waals surface area (Å²) in [4.78, 5) is 2.27. The Hall–Kier alpha value is -2.33. The van der Waals surface area contributed by atoms with Crippen molar-refractivity contribution in [3.05, 3.63) is 72.4 Å². The third kappa shape index (κ3) is 2.90. The summed E-state index contributed by atoms with van der Waals surface area (Å²) in [5.74, 6) is 0.981. The van der Waals surface area contributed by atoms with Gasteiger partial charge in [-0.15, -0.1) is 0 Å². The third-order valence-electron chi connectivity index (χ3n) is 3.78. The van der Waals surface area contributed by atoms with E-state index in [1.165, 1.54) is 5.56 Å². The fraction of sp³-hybridized carbons (Fsp3) is 0.235. The molecule has 0 amide bonds. The summed E-state index contributed by atoms with van der Waals surface area (Å²) in [6.45, 7) is 2.98. The van der Waals surface area contributed by atoms with E-state index in [2.05, 4.69) is 42.2 Å². The number of aromatic nitrogens is 2. The molecular formula is C17H19N3O. The minimum absolute atomic E-state index is 0.227. The van der Waals surface area contributed by atoms with Crippen LogP contribution in [-0.2, 0) is 6.54 Å². The summed E-state index contributed by atoms with van der Waals surface area (Å²) in [7, 11) is 2.10. The van der Waals surface area contributed by atoms with Crippen LogP contribution < -0.4 is 0 Å². The van der Waals surface area contributed by atoms with Gasteiger partial charge in [0.15, 0.2) is 0 Å². The van der Waals surface area contributed by atoms with Crippen LogP contribution >= 0.6 is 0 Å². The molecule has 21 heavy (non-hydrogen) atoms. The molecule has 2 heterocycles. The molecule has 3 aromatic rings. The predicted octanol–water partition coefficient (Wildman–Crippen LogP) is 3.66. The SMILES string of the molecule is C[C@@H](c1ccco1)N(C)Cc1ccccc1-n1cccn1. The Morgan fingerprint density at radius 1 is 1.19 bits per heavy atom. The van der Waals surface area contributed by atoms with Gasteiger partial charge in [0.25, 0.3) is 0 Å². The molecule has 0 unspecified atom stereocenters. The zero-order valence-electron chi connectivity index (χ0n) is 12.3. The van der Waals surface area contributed by atoms with Crippen LogP contribution in [0, 0.1) is 0 Å². The summed E-state index contributed by atoms with van der Waals surface area (Å²) in [6, 6.07) is 14.4. The van der Waals surface area contributed by atoms with Crippen molar-refractivity contribution in [3.8, 4) is 5.69 Å². The Morgan fingerprint density at radius 3 is 2.76 bits per heavy atom. The van der Waals surface area contributed by atoms with E-state index in [0.717, 1.165) is 18.0 Å². The fourth-order valence-corrected chi connectivity index (χ4v) is 2.43. The summed E-state index contributed by atoms with van der Waals surface area (Å²) in [5.41, 5.74) is 2.35. The van der Waals surface area contributed by atoms with Crippen LogP contribution in [0.25, 0.3) is 5.69 Å². The maximum Gasteiger partial charge on any atom is 0.120 e. The fourth-order valence-electron chi connectivity index (χ4n) is 2.43. The van der Waals surface area contributed by atoms with Crippen molar-refractivity contribution in [1.82, 2.24) is 14.7 Å². The highest BCUT2D eigenvalue weighted by Crippen LogP contribution is 2.23. The lowest BCUT2D eigenvalue weighted by Crippen LogP contribution is -2.22. The van der Waals surface area contributed by atoms with Gasteiger partial charge in [-0.1, -0.05) is 18.2 Å². The second kappa shape index (κ2) is 5.97. The Bertz CT molecular complexity index is 674. The van der Waals surface area contributed by atoms with Crippen molar-refractivity contribution in [2.24, 2.45) is 0 Å². The highest BCUT2D eigenvalue weighted by molar-refractivity contribution is 5.40. The van der Waals surface area contributed by atoms with Crippen LogP contribution in [-0.4, -0.2) is 21.7 Å². The van der Waals surface area contributed by atoms with E-state index in [4.69, 9.17) is 4.42 Å². The van der Waals surface area contributed by atoms with Crippen molar-refractivity contribution in [1.29, 1.82) is 0 Å². The van der Waals surface area contributed by atoms with E-state index in [0.29, 0.717) is 0 Å². The lowest BCUT2D eigenvalue weighted by Gasteiger charge is -2.24. The number of para-hydroxylation sites is 1. The zero-order chi connectivity index (χ0) is 14.7. The lowest BCUT2D eigenvalue weighted by molar-refractivity contribution is 0.223. The van der Waals surface area contributed by atoms with E-state index in [1.54, 1.807) is 12.5 Å². The molecule has 1 aromatic carbocycles. The van der Waals surface area contributed by atoms with Crippen LogP contribution in [0.4, 0.5) is 0 Å². The molecule has 0 saturated heterocycles. The first-order valence-electron chi connectivity index (χ1n) is 7.07. The number of nitrogens with zero attached hydrogens (tertiary/aromatic N) is 3. The molecule has 4 nitrogen and oxygen atoms in total. The third-order valence-corrected chi connectivity index (χ3v) is 3.78. The molecule has 3 rings (SSSR count). The summed E-state index contributed by atoms with van der Waals surface area (Å²) in [6.07, 6.45) is 5.48. The number of rotatable bonds is 5. The molecule has 0 aliphatic heterocycles. The molecular weight excluding hydrogens is 262 g/mol. The van der Waals surface area contributed by atoms with E-state index >= 15 is 0 Å². The zero-order valence-corrected chi connectivity index (χ0v) is 12.3. The highest BCUT2D eigenvalue weighted by atomic mass is 16.3. The second-order valence-electron chi connectivity index (χ2n) is 5.19. The van der Waals surface area contributed by atoms with Crippen LogP contribution in [0.5, 0.6) is 0 Å².